The van der Waals surface area contributed by atoms with Gasteiger partial charge in [0.15, 0.2) is 17.4 Å². The van der Waals surface area contributed by atoms with Crippen LogP contribution >= 0.6 is 0 Å². The first-order valence-electron chi connectivity index (χ1n) is 0. The third-order valence-corrected chi connectivity index (χ3v) is 0. The molecule has 0 heterocycles. The number of hydrogen-bond donors (Lipinski definition) is 0. The Morgan fingerprint density at radius 3 is 1.20 bits per heavy atom. The van der Waals surface area contributed by atoms with Crippen molar-refractivity contribution in [2.24, 2.45) is 0 Å². The summed E-state index contributed by atoms with van der Waals surface area (Å²) < 4.78 is 0. The third kappa shape index (κ3) is 17.8. The normalized spacial score (nSPS) is 0. The minimum Gasteiger partial charge on any atom is -1.00 e. The Balaban J connectivity index is 0. The number of rotatable bonds is 0. The Hall–Kier alpha value is 4.40. The van der Waals surface area contributed by atoms with Gasteiger partial charge in [-0.2, -0.15) is 0 Å². The molecule has 0 rings (SSSR count). The van der Waals surface area contributed by atoms with Crippen molar-refractivity contribution in [3.05, 3.63) is 0 Å². The van der Waals surface area contributed by atoms with E-state index in [4.69, 9.17) is 0 Å². The first-order valence-corrected chi connectivity index (χ1v) is 0. The van der Waals surface area contributed by atoms with Crippen molar-refractivity contribution in [2.75, 3.05) is 0 Å². The van der Waals surface area contributed by atoms with E-state index in [1.54, 1.807) is 0 Å². The van der Waals surface area contributed by atoms with Crippen LogP contribution < -0.4 is 0 Å². The molecule has 5 heavy (non-hydrogen) atoms. The van der Waals surface area contributed by atoms with Crippen molar-refractivity contribution in [3.63, 3.8) is 0 Å². The van der Waals surface area contributed by atoms with Crippen LogP contribution in [-0.2, 0) is 16.5 Å². The van der Waals surface area contributed by atoms with Crippen LogP contribution in [0.2, 0.25) is 0 Å². The predicted molar refractivity (Wildman–Crippen MR) is 17.9 cm³/mol. The molecule has 1 radical (unpaired) electrons. The molecule has 0 saturated heterocycles. The Morgan fingerprint density at radius 2 is 1.20 bits per heavy atom. The average Bonchev–Trinajstić information content (AvgIpc) is 0. The molecule has 0 saturated carbocycles. The first-order chi connectivity index (χ1) is 0. The summed E-state index contributed by atoms with van der Waals surface area (Å²) in [5.41, 5.74) is 0. The van der Waals surface area contributed by atoms with Crippen LogP contribution in [-0.4, -0.2) is 40.4 Å². The Bertz CT molecular complexity index is 17.7. The fourth-order valence-electron chi connectivity index (χ4n) is 0. The van der Waals surface area contributed by atoms with Crippen LogP contribution in [0.15, 0.2) is 0 Å². The molecule has 0 N–H and O–H groups in total. The quantitative estimate of drug-likeness (QED) is 0.417. The van der Waals surface area contributed by atoms with Gasteiger partial charge in [0.1, 0.15) is 0 Å². The van der Waals surface area contributed by atoms with Crippen molar-refractivity contribution < 1.29 is 97.9 Å². The first kappa shape index (κ1) is 34.2. The minimum absolute atomic E-state index is 0. The molecule has 0 nitrogen and oxygen atoms in total. The predicted octanol–water partition coefficient (Wildman–Crippen LogP) is -1.34. The molecule has 5 heteroatoms. The maximum atomic E-state index is 0. The molecular formula is H5AlGdMgNiTb. The van der Waals surface area contributed by atoms with Gasteiger partial charge in [0.05, 0.1) is 0 Å². The fraction of sp³-hybridized carbons (Fsp3) is 0. The van der Waals surface area contributed by atoms with E-state index in [0.29, 0.717) is 0 Å². The SMILES string of the molecule is [AlH3].[Gd].[H-].[H-].[Mg+2].[Ni].[Tb]. The molecule has 0 atom stereocenters. The second-order valence-corrected chi connectivity index (χ2v) is 0. The summed E-state index contributed by atoms with van der Waals surface area (Å²) >= 11 is 0. The molecule has 0 aromatic rings. The third-order valence-electron chi connectivity index (χ3n) is 0. The monoisotopic (exact) mass is 431 g/mol. The van der Waals surface area contributed by atoms with E-state index in [0.717, 1.165) is 0 Å². The summed E-state index contributed by atoms with van der Waals surface area (Å²) in [5, 5.41) is 0. The van der Waals surface area contributed by atoms with E-state index >= 15 is 0 Å². The summed E-state index contributed by atoms with van der Waals surface area (Å²) in [5.74, 6) is 0. The van der Waals surface area contributed by atoms with Gasteiger partial charge < -0.3 is 2.85 Å². The summed E-state index contributed by atoms with van der Waals surface area (Å²) in [6.07, 6.45) is 0. The second-order valence-electron chi connectivity index (χ2n) is 0. The zero-order valence-electron chi connectivity index (χ0n) is 3.71. The van der Waals surface area contributed by atoms with Crippen molar-refractivity contribution >= 4 is 40.4 Å². The summed E-state index contributed by atoms with van der Waals surface area (Å²) in [6, 6.07) is 0. The topological polar surface area (TPSA) is 0 Å². The van der Waals surface area contributed by atoms with Crippen LogP contribution in [0.5, 0.6) is 0 Å². The van der Waals surface area contributed by atoms with Crippen LogP contribution in [0.3, 0.4) is 0 Å². The van der Waals surface area contributed by atoms with Gasteiger partial charge >= 0.3 is 23.1 Å². The smallest absolute Gasteiger partial charge is 1.00 e. The summed E-state index contributed by atoms with van der Waals surface area (Å²) in [4.78, 5) is 0. The van der Waals surface area contributed by atoms with E-state index in [9.17, 15) is 0 Å². The summed E-state index contributed by atoms with van der Waals surface area (Å²) in [7, 11) is 0. The fourth-order valence-corrected chi connectivity index (χ4v) is 0. The van der Waals surface area contributed by atoms with Gasteiger partial charge in [-0.15, -0.1) is 0 Å². The maximum absolute atomic E-state index is 0. The van der Waals surface area contributed by atoms with E-state index in [1.807, 2.05) is 0 Å². The Morgan fingerprint density at radius 1 is 1.20 bits per heavy atom. The van der Waals surface area contributed by atoms with E-state index in [2.05, 4.69) is 0 Å². The number of hydrogen-bond acceptors (Lipinski definition) is 0. The molecule has 0 fully saturated rings. The van der Waals surface area contributed by atoms with Crippen LogP contribution in [0.25, 0.3) is 0 Å². The molecule has 0 amide bonds. The van der Waals surface area contributed by atoms with Crippen LogP contribution in [0.1, 0.15) is 2.85 Å². The van der Waals surface area contributed by atoms with E-state index in [1.165, 1.54) is 0 Å². The molecule has 0 aliphatic heterocycles. The van der Waals surface area contributed by atoms with Gasteiger partial charge in [0.25, 0.3) is 0 Å². The van der Waals surface area contributed by atoms with Crippen molar-refractivity contribution in [1.29, 1.82) is 0 Å². The van der Waals surface area contributed by atoms with Gasteiger partial charge in [-0.1, -0.05) is 0 Å². The zero-order valence-corrected chi connectivity index (χ0v) is 8.52. The van der Waals surface area contributed by atoms with Gasteiger partial charge in [0, 0.05) is 95.0 Å². The van der Waals surface area contributed by atoms with E-state index in [-0.39, 0.29) is 138 Å². The molecule has 0 spiro atoms. The molecule has 0 aromatic carbocycles. The Labute approximate surface area is 135 Å². The largest absolute Gasteiger partial charge is 2.00 e. The molecule has 0 bridgehead atoms. The Kier molecular flexibility index (Phi) is 163. The molecule has 0 aliphatic rings. The molecule has 0 aliphatic carbocycles. The van der Waals surface area contributed by atoms with Crippen molar-refractivity contribution in [1.82, 2.24) is 0 Å². The van der Waals surface area contributed by atoms with Gasteiger partial charge in [-0.05, 0) is 0 Å². The van der Waals surface area contributed by atoms with Crippen LogP contribution in [0.4, 0.5) is 0 Å². The molecular weight excluding hydrogens is 426 g/mol. The summed E-state index contributed by atoms with van der Waals surface area (Å²) in [6.45, 7) is 0. The minimum atomic E-state index is 0. The molecule has 0 aromatic heterocycles. The van der Waals surface area contributed by atoms with Gasteiger partial charge in [0.2, 0.25) is 0 Å². The average molecular weight is 431 g/mol. The van der Waals surface area contributed by atoms with Gasteiger partial charge in [-0.3, -0.25) is 0 Å². The zero-order chi connectivity index (χ0) is 0. The van der Waals surface area contributed by atoms with Crippen LogP contribution in [0, 0.1) is 78.6 Å². The van der Waals surface area contributed by atoms with E-state index < -0.39 is 0 Å². The van der Waals surface area contributed by atoms with Gasteiger partial charge in [-0.25, -0.2) is 0 Å². The maximum Gasteiger partial charge on any atom is 2.00 e. The standard InChI is InChI=1S/Al.Gd.Mg.Ni.Tb.5H/q;;+2;;;;;;2*-1. The molecule has 37 valence electrons. The molecule has 0 unspecified atom stereocenters. The van der Waals surface area contributed by atoms with Crippen molar-refractivity contribution in [2.45, 2.75) is 0 Å². The second kappa shape index (κ2) is 23.8. The van der Waals surface area contributed by atoms with Crippen molar-refractivity contribution in [3.8, 4) is 0 Å².